The van der Waals surface area contributed by atoms with Gasteiger partial charge in [0.15, 0.2) is 0 Å². The predicted octanol–water partition coefficient (Wildman–Crippen LogP) is 2.44. The SMILES string of the molecule is CCC(CCO)NC(=O)c1ccc(CSC)cc1. The molecule has 0 bridgehead atoms. The van der Waals surface area contributed by atoms with Crippen LogP contribution in [-0.2, 0) is 5.75 Å². The molecule has 1 rings (SSSR count). The van der Waals surface area contributed by atoms with Crippen molar-refractivity contribution in [2.24, 2.45) is 0 Å². The largest absolute Gasteiger partial charge is 0.396 e. The van der Waals surface area contributed by atoms with Crippen LogP contribution in [0.5, 0.6) is 0 Å². The molecule has 0 aliphatic carbocycles. The van der Waals surface area contributed by atoms with Gasteiger partial charge in [0.2, 0.25) is 0 Å². The lowest BCUT2D eigenvalue weighted by Crippen LogP contribution is -2.35. The molecule has 0 heterocycles. The normalized spacial score (nSPS) is 12.2. The van der Waals surface area contributed by atoms with Crippen molar-refractivity contribution in [2.45, 2.75) is 31.6 Å². The van der Waals surface area contributed by atoms with Gasteiger partial charge in [-0.15, -0.1) is 0 Å². The van der Waals surface area contributed by atoms with Crippen molar-refractivity contribution >= 4 is 17.7 Å². The van der Waals surface area contributed by atoms with Crippen LogP contribution in [0.4, 0.5) is 0 Å². The number of nitrogens with one attached hydrogen (secondary N) is 1. The Balaban J connectivity index is 2.60. The van der Waals surface area contributed by atoms with Crippen molar-refractivity contribution in [2.75, 3.05) is 12.9 Å². The van der Waals surface area contributed by atoms with Gasteiger partial charge in [0.25, 0.3) is 5.91 Å². The number of thioether (sulfide) groups is 1. The second-order valence-corrected chi connectivity index (χ2v) is 5.09. The van der Waals surface area contributed by atoms with Crippen LogP contribution in [-0.4, -0.2) is 29.9 Å². The molecule has 1 unspecified atom stereocenters. The van der Waals surface area contributed by atoms with E-state index in [-0.39, 0.29) is 18.6 Å². The van der Waals surface area contributed by atoms with Crippen molar-refractivity contribution in [3.63, 3.8) is 0 Å². The van der Waals surface area contributed by atoms with Gasteiger partial charge in [-0.05, 0) is 36.8 Å². The number of amides is 1. The summed E-state index contributed by atoms with van der Waals surface area (Å²) < 4.78 is 0. The maximum Gasteiger partial charge on any atom is 0.251 e. The zero-order valence-corrected chi connectivity index (χ0v) is 11.8. The third-order valence-electron chi connectivity index (χ3n) is 2.83. The van der Waals surface area contributed by atoms with Crippen molar-refractivity contribution in [1.29, 1.82) is 0 Å². The van der Waals surface area contributed by atoms with Gasteiger partial charge in [-0.2, -0.15) is 11.8 Å². The van der Waals surface area contributed by atoms with Gasteiger partial charge in [-0.25, -0.2) is 0 Å². The molecule has 0 fully saturated rings. The van der Waals surface area contributed by atoms with E-state index < -0.39 is 0 Å². The van der Waals surface area contributed by atoms with Crippen LogP contribution in [0.15, 0.2) is 24.3 Å². The topological polar surface area (TPSA) is 49.3 Å². The van der Waals surface area contributed by atoms with Gasteiger partial charge in [-0.3, -0.25) is 4.79 Å². The summed E-state index contributed by atoms with van der Waals surface area (Å²) in [5.41, 5.74) is 1.90. The van der Waals surface area contributed by atoms with Gasteiger partial charge >= 0.3 is 0 Å². The average molecular weight is 267 g/mol. The Morgan fingerprint density at radius 2 is 2.06 bits per heavy atom. The maximum absolute atomic E-state index is 12.0. The summed E-state index contributed by atoms with van der Waals surface area (Å²) in [4.78, 5) is 12.0. The molecule has 4 heteroatoms. The molecule has 100 valence electrons. The number of hydrogen-bond donors (Lipinski definition) is 2. The standard InChI is InChI=1S/C14H21NO2S/c1-3-13(8-9-16)15-14(17)12-6-4-11(5-7-12)10-18-2/h4-7,13,16H,3,8-10H2,1-2H3,(H,15,17). The molecule has 0 radical (unpaired) electrons. The fourth-order valence-electron chi connectivity index (χ4n) is 1.72. The number of hydrogen-bond acceptors (Lipinski definition) is 3. The van der Waals surface area contributed by atoms with E-state index in [1.165, 1.54) is 5.56 Å². The number of carbonyl (C=O) groups excluding carboxylic acids is 1. The Morgan fingerprint density at radius 3 is 2.56 bits per heavy atom. The van der Waals surface area contributed by atoms with Crippen LogP contribution in [0.2, 0.25) is 0 Å². The van der Waals surface area contributed by atoms with Gasteiger partial charge in [-0.1, -0.05) is 19.1 Å². The summed E-state index contributed by atoms with van der Waals surface area (Å²) in [6.45, 7) is 2.10. The summed E-state index contributed by atoms with van der Waals surface area (Å²) in [6, 6.07) is 7.73. The fraction of sp³-hybridized carbons (Fsp3) is 0.500. The predicted molar refractivity (Wildman–Crippen MR) is 76.9 cm³/mol. The van der Waals surface area contributed by atoms with Crippen LogP contribution in [0, 0.1) is 0 Å². The smallest absolute Gasteiger partial charge is 0.251 e. The molecule has 0 saturated carbocycles. The molecule has 0 aliphatic rings. The highest BCUT2D eigenvalue weighted by molar-refractivity contribution is 7.97. The zero-order chi connectivity index (χ0) is 13.4. The highest BCUT2D eigenvalue weighted by Crippen LogP contribution is 2.11. The fourth-order valence-corrected chi connectivity index (χ4v) is 2.25. The van der Waals surface area contributed by atoms with Crippen molar-refractivity contribution < 1.29 is 9.90 Å². The number of carbonyl (C=O) groups is 1. The molecule has 1 atom stereocenters. The van der Waals surface area contributed by atoms with E-state index in [1.54, 1.807) is 11.8 Å². The van der Waals surface area contributed by atoms with Gasteiger partial charge in [0.1, 0.15) is 0 Å². The lowest BCUT2D eigenvalue weighted by atomic mass is 10.1. The van der Waals surface area contributed by atoms with Crippen LogP contribution >= 0.6 is 11.8 Å². The van der Waals surface area contributed by atoms with Crippen LogP contribution in [0.1, 0.15) is 35.7 Å². The van der Waals surface area contributed by atoms with Gasteiger partial charge < -0.3 is 10.4 Å². The minimum atomic E-state index is -0.0639. The molecule has 1 amide bonds. The minimum absolute atomic E-state index is 0.0494. The van der Waals surface area contributed by atoms with Crippen molar-refractivity contribution in [3.8, 4) is 0 Å². The first kappa shape index (κ1) is 15.1. The summed E-state index contributed by atoms with van der Waals surface area (Å²) in [7, 11) is 0. The van der Waals surface area contributed by atoms with Crippen LogP contribution in [0.3, 0.4) is 0 Å². The monoisotopic (exact) mass is 267 g/mol. The summed E-state index contributed by atoms with van der Waals surface area (Å²) in [5.74, 6) is 0.898. The molecule has 18 heavy (non-hydrogen) atoms. The number of benzene rings is 1. The molecular formula is C14H21NO2S. The Bertz CT molecular complexity index is 365. The number of rotatable bonds is 7. The molecule has 1 aromatic carbocycles. The van der Waals surface area contributed by atoms with Gasteiger partial charge in [0, 0.05) is 24.0 Å². The Kier molecular flexibility index (Phi) is 6.83. The van der Waals surface area contributed by atoms with E-state index in [1.807, 2.05) is 31.2 Å². The molecule has 1 aromatic rings. The summed E-state index contributed by atoms with van der Waals surface area (Å²) >= 11 is 1.76. The molecular weight excluding hydrogens is 246 g/mol. The van der Waals surface area contributed by atoms with E-state index in [2.05, 4.69) is 11.6 Å². The molecule has 0 aromatic heterocycles. The summed E-state index contributed by atoms with van der Waals surface area (Å²) in [5, 5.41) is 11.8. The minimum Gasteiger partial charge on any atom is -0.396 e. The Morgan fingerprint density at radius 1 is 1.39 bits per heavy atom. The molecule has 2 N–H and O–H groups in total. The lowest BCUT2D eigenvalue weighted by molar-refractivity contribution is 0.0929. The van der Waals surface area contributed by atoms with E-state index >= 15 is 0 Å². The highest BCUT2D eigenvalue weighted by atomic mass is 32.2. The molecule has 0 aliphatic heterocycles. The second-order valence-electron chi connectivity index (χ2n) is 4.22. The Hall–Kier alpha value is -1.00. The second kappa shape index (κ2) is 8.16. The maximum atomic E-state index is 12.0. The zero-order valence-electron chi connectivity index (χ0n) is 11.0. The van der Waals surface area contributed by atoms with E-state index in [4.69, 9.17) is 5.11 Å². The highest BCUT2D eigenvalue weighted by Gasteiger charge is 2.11. The first-order valence-corrected chi connectivity index (χ1v) is 7.60. The quantitative estimate of drug-likeness (QED) is 0.798. The van der Waals surface area contributed by atoms with Crippen LogP contribution < -0.4 is 5.32 Å². The average Bonchev–Trinajstić information content (AvgIpc) is 2.39. The summed E-state index contributed by atoms with van der Waals surface area (Å²) in [6.07, 6.45) is 3.49. The van der Waals surface area contributed by atoms with Crippen LogP contribution in [0.25, 0.3) is 0 Å². The first-order chi connectivity index (χ1) is 8.71. The number of aliphatic hydroxyl groups is 1. The molecule has 3 nitrogen and oxygen atoms in total. The molecule has 0 spiro atoms. The third-order valence-corrected chi connectivity index (χ3v) is 3.45. The van der Waals surface area contributed by atoms with Crippen molar-refractivity contribution in [3.05, 3.63) is 35.4 Å². The van der Waals surface area contributed by atoms with E-state index in [0.29, 0.717) is 12.0 Å². The van der Waals surface area contributed by atoms with E-state index in [0.717, 1.165) is 12.2 Å². The van der Waals surface area contributed by atoms with Gasteiger partial charge in [0.05, 0.1) is 0 Å². The third kappa shape index (κ3) is 4.70. The molecule has 0 saturated heterocycles. The number of aliphatic hydroxyl groups excluding tert-OH is 1. The first-order valence-electron chi connectivity index (χ1n) is 6.20. The Labute approximate surface area is 113 Å². The van der Waals surface area contributed by atoms with Crippen molar-refractivity contribution in [1.82, 2.24) is 5.32 Å². The lowest BCUT2D eigenvalue weighted by Gasteiger charge is -2.15. The van der Waals surface area contributed by atoms with E-state index in [9.17, 15) is 4.79 Å².